The average Bonchev–Trinajstić information content (AvgIpc) is 2.48. The Kier molecular flexibility index (Phi) is 5.05. The molecule has 0 bridgehead atoms. The van der Waals surface area contributed by atoms with Crippen LogP contribution in [0.4, 0.5) is 0 Å². The predicted octanol–water partition coefficient (Wildman–Crippen LogP) is 2.06. The third-order valence-electron chi connectivity index (χ3n) is 3.74. The van der Waals surface area contributed by atoms with Crippen molar-refractivity contribution in [3.05, 3.63) is 23.8 Å². The van der Waals surface area contributed by atoms with E-state index in [4.69, 9.17) is 9.47 Å². The standard InChI is InChI=1S/C15H24N2O2/c1-4-15(17-7-5-16-6-8-17)12-9-13(18-2)11-14(10-12)19-3/h9-11,15-16H,4-8H2,1-3H3/t15-/m1/s1. The van der Waals surface area contributed by atoms with Gasteiger partial charge in [0.1, 0.15) is 11.5 Å². The first-order chi connectivity index (χ1) is 9.28. The molecule has 106 valence electrons. The van der Waals surface area contributed by atoms with Crippen LogP contribution in [0.2, 0.25) is 0 Å². The summed E-state index contributed by atoms with van der Waals surface area (Å²) in [5, 5.41) is 3.40. The van der Waals surface area contributed by atoms with Gasteiger partial charge in [-0.3, -0.25) is 4.90 Å². The molecule has 4 heteroatoms. The molecule has 19 heavy (non-hydrogen) atoms. The Balaban J connectivity index is 2.25. The van der Waals surface area contributed by atoms with Gasteiger partial charge >= 0.3 is 0 Å². The fourth-order valence-electron chi connectivity index (χ4n) is 2.72. The first kappa shape index (κ1) is 14.2. The zero-order valence-electron chi connectivity index (χ0n) is 12.1. The van der Waals surface area contributed by atoms with Crippen molar-refractivity contribution in [2.75, 3.05) is 40.4 Å². The molecule has 0 amide bonds. The molecule has 1 aliphatic rings. The van der Waals surface area contributed by atoms with Gasteiger partial charge in [0.15, 0.2) is 0 Å². The Morgan fingerprint density at radius 2 is 1.68 bits per heavy atom. The van der Waals surface area contributed by atoms with Gasteiger partial charge in [-0.1, -0.05) is 6.92 Å². The van der Waals surface area contributed by atoms with Crippen molar-refractivity contribution in [3.63, 3.8) is 0 Å². The number of methoxy groups -OCH3 is 2. The number of hydrogen-bond donors (Lipinski definition) is 1. The average molecular weight is 264 g/mol. The number of rotatable bonds is 5. The SMILES string of the molecule is CC[C@H](c1cc(OC)cc(OC)c1)N1CCNCC1. The Bertz CT molecular complexity index is 381. The largest absolute Gasteiger partial charge is 0.497 e. The normalized spacial score (nSPS) is 18.1. The van der Waals surface area contributed by atoms with E-state index >= 15 is 0 Å². The number of ether oxygens (including phenoxy) is 2. The van der Waals surface area contributed by atoms with Crippen LogP contribution in [-0.2, 0) is 0 Å². The predicted molar refractivity (Wildman–Crippen MR) is 77.0 cm³/mol. The lowest BCUT2D eigenvalue weighted by atomic mass is 10.0. The van der Waals surface area contributed by atoms with Crippen LogP contribution >= 0.6 is 0 Å². The topological polar surface area (TPSA) is 33.7 Å². The molecule has 0 aromatic heterocycles. The van der Waals surface area contributed by atoms with Gasteiger partial charge < -0.3 is 14.8 Å². The van der Waals surface area contributed by atoms with Gasteiger partial charge in [-0.25, -0.2) is 0 Å². The van der Waals surface area contributed by atoms with E-state index in [-0.39, 0.29) is 0 Å². The lowest BCUT2D eigenvalue weighted by molar-refractivity contribution is 0.169. The maximum absolute atomic E-state index is 5.37. The van der Waals surface area contributed by atoms with Gasteiger partial charge in [0.25, 0.3) is 0 Å². The van der Waals surface area contributed by atoms with Gasteiger partial charge in [0.05, 0.1) is 14.2 Å². The quantitative estimate of drug-likeness (QED) is 0.882. The maximum Gasteiger partial charge on any atom is 0.122 e. The molecule has 2 rings (SSSR count). The molecular formula is C15H24N2O2. The highest BCUT2D eigenvalue weighted by Gasteiger charge is 2.21. The minimum Gasteiger partial charge on any atom is -0.497 e. The monoisotopic (exact) mass is 264 g/mol. The zero-order valence-corrected chi connectivity index (χ0v) is 12.1. The molecule has 1 N–H and O–H groups in total. The third-order valence-corrected chi connectivity index (χ3v) is 3.74. The van der Waals surface area contributed by atoms with Crippen molar-refractivity contribution in [2.45, 2.75) is 19.4 Å². The van der Waals surface area contributed by atoms with Crippen molar-refractivity contribution < 1.29 is 9.47 Å². The number of piperazine rings is 1. The molecule has 0 unspecified atom stereocenters. The highest BCUT2D eigenvalue weighted by Crippen LogP contribution is 2.31. The lowest BCUT2D eigenvalue weighted by Crippen LogP contribution is -2.45. The van der Waals surface area contributed by atoms with Crippen LogP contribution < -0.4 is 14.8 Å². The van der Waals surface area contributed by atoms with Crippen molar-refractivity contribution in [3.8, 4) is 11.5 Å². The van der Waals surface area contributed by atoms with Crippen molar-refractivity contribution in [2.24, 2.45) is 0 Å². The maximum atomic E-state index is 5.37. The molecule has 1 aromatic carbocycles. The van der Waals surface area contributed by atoms with Crippen LogP contribution in [0.5, 0.6) is 11.5 Å². The van der Waals surface area contributed by atoms with Crippen LogP contribution in [0, 0.1) is 0 Å². The lowest BCUT2D eigenvalue weighted by Gasteiger charge is -2.35. The van der Waals surface area contributed by atoms with E-state index in [1.807, 2.05) is 6.07 Å². The second-order valence-electron chi connectivity index (χ2n) is 4.86. The molecule has 0 saturated carbocycles. The van der Waals surface area contributed by atoms with Crippen LogP contribution in [-0.4, -0.2) is 45.3 Å². The summed E-state index contributed by atoms with van der Waals surface area (Å²) in [6.45, 7) is 6.56. The van der Waals surface area contributed by atoms with Crippen molar-refractivity contribution in [1.29, 1.82) is 0 Å². The van der Waals surface area contributed by atoms with E-state index in [1.54, 1.807) is 14.2 Å². The van der Waals surface area contributed by atoms with E-state index in [9.17, 15) is 0 Å². The van der Waals surface area contributed by atoms with Crippen LogP contribution in [0.3, 0.4) is 0 Å². The van der Waals surface area contributed by atoms with E-state index < -0.39 is 0 Å². The minimum atomic E-state index is 0.436. The molecule has 1 aliphatic heterocycles. The van der Waals surface area contributed by atoms with Crippen LogP contribution in [0.25, 0.3) is 0 Å². The number of nitrogens with one attached hydrogen (secondary N) is 1. The van der Waals surface area contributed by atoms with Crippen LogP contribution in [0.15, 0.2) is 18.2 Å². The number of nitrogens with zero attached hydrogens (tertiary/aromatic N) is 1. The smallest absolute Gasteiger partial charge is 0.122 e. The highest BCUT2D eigenvalue weighted by atomic mass is 16.5. The van der Waals surface area contributed by atoms with Gasteiger partial charge in [-0.05, 0) is 24.1 Å². The fourth-order valence-corrected chi connectivity index (χ4v) is 2.72. The van der Waals surface area contributed by atoms with Gasteiger partial charge in [0.2, 0.25) is 0 Å². The number of hydrogen-bond acceptors (Lipinski definition) is 4. The molecule has 0 spiro atoms. The summed E-state index contributed by atoms with van der Waals surface area (Å²) in [4.78, 5) is 2.53. The summed E-state index contributed by atoms with van der Waals surface area (Å²) in [6.07, 6.45) is 1.09. The van der Waals surface area contributed by atoms with Crippen LogP contribution in [0.1, 0.15) is 24.9 Å². The summed E-state index contributed by atoms with van der Waals surface area (Å²) in [5.41, 5.74) is 1.28. The Hall–Kier alpha value is -1.26. The van der Waals surface area contributed by atoms with Crippen molar-refractivity contribution in [1.82, 2.24) is 10.2 Å². The van der Waals surface area contributed by atoms with E-state index in [2.05, 4.69) is 29.3 Å². The summed E-state index contributed by atoms with van der Waals surface area (Å²) >= 11 is 0. The Morgan fingerprint density at radius 3 is 2.16 bits per heavy atom. The second-order valence-corrected chi connectivity index (χ2v) is 4.86. The molecule has 1 fully saturated rings. The molecule has 0 radical (unpaired) electrons. The van der Waals surface area contributed by atoms with Gasteiger partial charge in [-0.15, -0.1) is 0 Å². The molecule has 1 heterocycles. The molecule has 1 saturated heterocycles. The van der Waals surface area contributed by atoms with Gasteiger partial charge in [-0.2, -0.15) is 0 Å². The van der Waals surface area contributed by atoms with E-state index in [0.29, 0.717) is 6.04 Å². The van der Waals surface area contributed by atoms with E-state index in [1.165, 1.54) is 5.56 Å². The second kappa shape index (κ2) is 6.78. The minimum absolute atomic E-state index is 0.436. The summed E-state index contributed by atoms with van der Waals surface area (Å²) in [5.74, 6) is 1.73. The highest BCUT2D eigenvalue weighted by molar-refractivity contribution is 5.39. The van der Waals surface area contributed by atoms with E-state index in [0.717, 1.165) is 44.1 Å². The summed E-state index contributed by atoms with van der Waals surface area (Å²) < 4.78 is 10.7. The third kappa shape index (κ3) is 3.39. The number of benzene rings is 1. The Labute approximate surface area is 115 Å². The first-order valence-electron chi connectivity index (χ1n) is 6.96. The first-order valence-corrected chi connectivity index (χ1v) is 6.96. The fraction of sp³-hybridized carbons (Fsp3) is 0.600. The molecule has 4 nitrogen and oxygen atoms in total. The molecular weight excluding hydrogens is 240 g/mol. The molecule has 0 aliphatic carbocycles. The van der Waals surface area contributed by atoms with Gasteiger partial charge in [0, 0.05) is 38.3 Å². The molecule has 1 aromatic rings. The molecule has 1 atom stereocenters. The summed E-state index contributed by atoms with van der Waals surface area (Å²) in [6, 6.07) is 6.61. The zero-order chi connectivity index (χ0) is 13.7. The van der Waals surface area contributed by atoms with Crippen molar-refractivity contribution >= 4 is 0 Å². The summed E-state index contributed by atoms with van der Waals surface area (Å²) in [7, 11) is 3.40. The Morgan fingerprint density at radius 1 is 1.11 bits per heavy atom.